The summed E-state index contributed by atoms with van der Waals surface area (Å²) < 4.78 is 22.1. The van der Waals surface area contributed by atoms with Crippen LogP contribution in [0.5, 0.6) is 11.5 Å². The van der Waals surface area contributed by atoms with Crippen LogP contribution in [0.1, 0.15) is 54.9 Å². The number of ether oxygens (including phenoxy) is 4. The van der Waals surface area contributed by atoms with Gasteiger partial charge >= 0.3 is 11.9 Å². The molecule has 1 N–H and O–H groups in total. The van der Waals surface area contributed by atoms with Crippen LogP contribution < -0.4 is 14.8 Å². The van der Waals surface area contributed by atoms with E-state index in [1.165, 1.54) is 25.3 Å². The highest BCUT2D eigenvalue weighted by atomic mass is 16.6. The number of hydrogen-bond acceptors (Lipinski definition) is 11. The van der Waals surface area contributed by atoms with E-state index in [4.69, 9.17) is 18.9 Å². The Balaban J connectivity index is 1.22. The number of hydrogen-bond donors (Lipinski definition) is 1. The van der Waals surface area contributed by atoms with Crippen molar-refractivity contribution in [1.82, 2.24) is 10.2 Å². The number of benzene rings is 2. The van der Waals surface area contributed by atoms with Gasteiger partial charge in [-0.2, -0.15) is 0 Å². The molecule has 0 radical (unpaired) electrons. The Kier molecular flexibility index (Phi) is 9.29. The third-order valence-electron chi connectivity index (χ3n) is 8.05. The summed E-state index contributed by atoms with van der Waals surface area (Å²) in [5.41, 5.74) is 2.18. The lowest BCUT2D eigenvalue weighted by Gasteiger charge is -2.30. The molecule has 0 aliphatic carbocycles. The Morgan fingerprint density at radius 2 is 1.75 bits per heavy atom. The van der Waals surface area contributed by atoms with Crippen molar-refractivity contribution < 1.29 is 38.3 Å². The zero-order valence-electron chi connectivity index (χ0n) is 24.9. The van der Waals surface area contributed by atoms with Gasteiger partial charge in [0.1, 0.15) is 19.3 Å². The van der Waals surface area contributed by atoms with E-state index in [2.05, 4.69) is 10.2 Å². The standard InChI is InChI=1S/C32H35N3O9/c1-19-28(31(37)41-3)30(22-6-4-7-23(16-22)35(39)40)29(20(2)33-19)32(38)44-24-11-13-34(18-24)12-5-8-25(36)21-9-10-26-27(17-21)43-15-14-42-26/h4,6-7,9-10,16-17,24,30,33H,5,8,11-15,18H2,1-3H3/t24?,30-/m0/s1. The Morgan fingerprint density at radius 1 is 1.02 bits per heavy atom. The molecule has 1 unspecified atom stereocenters. The number of carbonyl (C=O) groups is 3. The number of nitrogens with zero attached hydrogens (tertiary/aromatic N) is 2. The summed E-state index contributed by atoms with van der Waals surface area (Å²) in [7, 11) is 1.24. The summed E-state index contributed by atoms with van der Waals surface area (Å²) >= 11 is 0. The van der Waals surface area contributed by atoms with Gasteiger partial charge in [0.05, 0.1) is 29.1 Å². The van der Waals surface area contributed by atoms with Crippen molar-refractivity contribution in [2.75, 3.05) is 40.0 Å². The molecule has 3 aliphatic heterocycles. The minimum absolute atomic E-state index is 0.0216. The minimum Gasteiger partial charge on any atom is -0.486 e. The molecule has 2 aromatic rings. The summed E-state index contributed by atoms with van der Waals surface area (Å²) in [5.74, 6) is -0.928. The van der Waals surface area contributed by atoms with Crippen LogP contribution in [0.3, 0.4) is 0 Å². The number of rotatable bonds is 10. The molecule has 0 spiro atoms. The summed E-state index contributed by atoms with van der Waals surface area (Å²) in [6.45, 7) is 6.21. The van der Waals surface area contributed by atoms with Gasteiger partial charge in [0.25, 0.3) is 5.69 Å². The zero-order valence-corrected chi connectivity index (χ0v) is 24.9. The first kappa shape index (κ1) is 30.7. The molecule has 3 heterocycles. The third-order valence-corrected chi connectivity index (χ3v) is 8.05. The number of nitro benzene ring substituents is 1. The quantitative estimate of drug-likeness (QED) is 0.181. The fourth-order valence-corrected chi connectivity index (χ4v) is 5.93. The van der Waals surface area contributed by atoms with Gasteiger partial charge in [-0.1, -0.05) is 12.1 Å². The highest BCUT2D eigenvalue weighted by Crippen LogP contribution is 2.40. The molecule has 0 saturated carbocycles. The van der Waals surface area contributed by atoms with Gasteiger partial charge in [-0.05, 0) is 57.0 Å². The van der Waals surface area contributed by atoms with Gasteiger partial charge in [-0.15, -0.1) is 0 Å². The monoisotopic (exact) mass is 605 g/mol. The van der Waals surface area contributed by atoms with Gasteiger partial charge < -0.3 is 24.3 Å². The lowest BCUT2D eigenvalue weighted by atomic mass is 9.80. The van der Waals surface area contributed by atoms with Crippen molar-refractivity contribution in [1.29, 1.82) is 0 Å². The molecule has 0 bridgehead atoms. The average Bonchev–Trinajstić information content (AvgIpc) is 3.46. The highest BCUT2D eigenvalue weighted by molar-refractivity contribution is 6.00. The van der Waals surface area contributed by atoms with E-state index >= 15 is 0 Å². The minimum atomic E-state index is -0.917. The number of esters is 2. The highest BCUT2D eigenvalue weighted by Gasteiger charge is 2.39. The van der Waals surface area contributed by atoms with Gasteiger partial charge in [0, 0.05) is 48.6 Å². The third kappa shape index (κ3) is 6.60. The van der Waals surface area contributed by atoms with Gasteiger partial charge in [0.15, 0.2) is 17.3 Å². The summed E-state index contributed by atoms with van der Waals surface area (Å²) in [5, 5.41) is 14.6. The Labute approximate surface area is 254 Å². The number of dihydropyridines is 1. The number of carbonyl (C=O) groups excluding carboxylic acids is 3. The van der Waals surface area contributed by atoms with E-state index in [0.717, 1.165) is 0 Å². The van der Waals surface area contributed by atoms with Crippen LogP contribution in [0.2, 0.25) is 0 Å². The molecule has 1 fully saturated rings. The number of nitrogens with one attached hydrogen (secondary N) is 1. The van der Waals surface area contributed by atoms with Crippen LogP contribution in [-0.4, -0.2) is 73.6 Å². The van der Waals surface area contributed by atoms with E-state index < -0.39 is 28.9 Å². The molecule has 0 amide bonds. The number of nitro groups is 1. The Hall–Kier alpha value is -4.71. The van der Waals surface area contributed by atoms with Gasteiger partial charge in [0.2, 0.25) is 0 Å². The zero-order chi connectivity index (χ0) is 31.4. The van der Waals surface area contributed by atoms with Crippen molar-refractivity contribution in [2.24, 2.45) is 0 Å². The van der Waals surface area contributed by atoms with Crippen molar-refractivity contribution in [2.45, 2.75) is 45.1 Å². The van der Waals surface area contributed by atoms with E-state index in [1.54, 1.807) is 38.1 Å². The second-order valence-corrected chi connectivity index (χ2v) is 11.0. The summed E-state index contributed by atoms with van der Waals surface area (Å²) in [4.78, 5) is 52.5. The first-order chi connectivity index (χ1) is 21.2. The van der Waals surface area contributed by atoms with Crippen LogP contribution in [0.4, 0.5) is 5.69 Å². The maximum atomic E-state index is 13.7. The van der Waals surface area contributed by atoms with Crippen molar-refractivity contribution in [3.8, 4) is 11.5 Å². The van der Waals surface area contributed by atoms with Crippen LogP contribution >= 0.6 is 0 Å². The molecule has 5 rings (SSSR count). The van der Waals surface area contributed by atoms with E-state index in [-0.39, 0.29) is 22.6 Å². The molecule has 0 aromatic heterocycles. The number of ketones is 1. The van der Waals surface area contributed by atoms with Gasteiger partial charge in [-0.25, -0.2) is 9.59 Å². The molecule has 12 nitrogen and oxygen atoms in total. The normalized spacial score (nSPS) is 19.8. The predicted octanol–water partition coefficient (Wildman–Crippen LogP) is 4.05. The number of likely N-dealkylation sites (tertiary alicyclic amines) is 1. The van der Waals surface area contributed by atoms with Crippen LogP contribution in [0.15, 0.2) is 65.0 Å². The maximum absolute atomic E-state index is 13.7. The van der Waals surface area contributed by atoms with Crippen molar-refractivity contribution in [3.05, 3.63) is 86.2 Å². The van der Waals surface area contributed by atoms with E-state index in [9.17, 15) is 24.5 Å². The number of fused-ring (bicyclic) bond motifs is 1. The fraction of sp³-hybridized carbons (Fsp3) is 0.406. The molecular weight excluding hydrogens is 570 g/mol. The summed E-state index contributed by atoms with van der Waals surface area (Å²) in [6.07, 6.45) is 1.23. The van der Waals surface area contributed by atoms with Crippen LogP contribution in [0.25, 0.3) is 0 Å². The number of Topliss-reactive ketones (excluding diaryl/α,β-unsaturated/α-hetero) is 1. The number of methoxy groups -OCH3 is 1. The molecule has 232 valence electrons. The average molecular weight is 606 g/mol. The topological polar surface area (TPSA) is 147 Å². The molecule has 12 heteroatoms. The summed E-state index contributed by atoms with van der Waals surface area (Å²) in [6, 6.07) is 11.1. The second kappa shape index (κ2) is 13.3. The maximum Gasteiger partial charge on any atom is 0.337 e. The van der Waals surface area contributed by atoms with Crippen LogP contribution in [0, 0.1) is 10.1 Å². The molecule has 44 heavy (non-hydrogen) atoms. The SMILES string of the molecule is COC(=O)C1=C(C)NC(C)=C(C(=O)OC2CCN(CCCC(=O)c3ccc4c(c3)OCCO4)C2)[C@H]1c1cccc([N+](=O)[O-])c1. The predicted molar refractivity (Wildman–Crippen MR) is 158 cm³/mol. The second-order valence-electron chi connectivity index (χ2n) is 11.0. The Bertz CT molecular complexity index is 1550. The number of allylic oxidation sites excluding steroid dienone is 2. The molecular formula is C32H35N3O9. The van der Waals surface area contributed by atoms with Crippen molar-refractivity contribution >= 4 is 23.4 Å². The molecule has 3 aliphatic rings. The van der Waals surface area contributed by atoms with E-state index in [0.29, 0.717) is 86.1 Å². The molecule has 2 atom stereocenters. The van der Waals surface area contributed by atoms with E-state index in [1.807, 2.05) is 0 Å². The number of non-ortho nitro benzene ring substituents is 1. The smallest absolute Gasteiger partial charge is 0.337 e. The lowest BCUT2D eigenvalue weighted by Crippen LogP contribution is -2.34. The van der Waals surface area contributed by atoms with Gasteiger partial charge in [-0.3, -0.25) is 19.8 Å². The first-order valence-electron chi connectivity index (χ1n) is 14.5. The molecule has 2 aromatic carbocycles. The fourth-order valence-electron chi connectivity index (χ4n) is 5.93. The van der Waals surface area contributed by atoms with Crippen molar-refractivity contribution in [3.63, 3.8) is 0 Å². The largest absolute Gasteiger partial charge is 0.486 e. The lowest BCUT2D eigenvalue weighted by molar-refractivity contribution is -0.384. The Morgan fingerprint density at radius 3 is 2.48 bits per heavy atom. The molecule has 1 saturated heterocycles. The van der Waals surface area contributed by atoms with Crippen LogP contribution in [-0.2, 0) is 19.1 Å². The first-order valence-corrected chi connectivity index (χ1v) is 14.5.